The molecule has 4 aliphatic carbocycles. The van der Waals surface area contributed by atoms with Crippen molar-refractivity contribution in [3.63, 3.8) is 0 Å². The molecule has 4 aliphatic rings. The fraction of sp³-hybridized carbons (Fsp3) is 0.345. The van der Waals surface area contributed by atoms with Crippen molar-refractivity contribution in [1.29, 1.82) is 0 Å². The molecule has 4 saturated carbocycles. The fourth-order valence-corrected chi connectivity index (χ4v) is 18.8. The van der Waals surface area contributed by atoms with Gasteiger partial charge in [0.2, 0.25) is 34.2 Å². The van der Waals surface area contributed by atoms with Gasteiger partial charge in [-0.1, -0.05) is 169 Å². The van der Waals surface area contributed by atoms with Gasteiger partial charge in [0.05, 0.1) is 33.4 Å². The molecule has 10 aromatic heterocycles. The lowest BCUT2D eigenvalue weighted by Crippen LogP contribution is -2.32. The van der Waals surface area contributed by atoms with Gasteiger partial charge >= 0.3 is 0 Å². The summed E-state index contributed by atoms with van der Waals surface area (Å²) in [7, 11) is 12.3. The molecular weight excluding hydrogens is 1500 g/mol. The summed E-state index contributed by atoms with van der Waals surface area (Å²) in [6, 6.07) is 65.3. The van der Waals surface area contributed by atoms with Crippen LogP contribution in [0.25, 0.3) is 89.8 Å². The largest absolute Gasteiger partial charge is 0.264 e. The zero-order chi connectivity index (χ0) is 91.7. The van der Waals surface area contributed by atoms with Gasteiger partial charge in [-0.3, -0.25) is 19.9 Å². The van der Waals surface area contributed by atoms with E-state index in [9.17, 15) is 0 Å². The van der Waals surface area contributed by atoms with Crippen LogP contribution in [0.5, 0.6) is 0 Å². The minimum absolute atomic E-state index is 0.111. The number of pyridine rings is 10. The molecule has 0 saturated heterocycles. The van der Waals surface area contributed by atoms with E-state index in [1.54, 1.807) is 12.4 Å². The van der Waals surface area contributed by atoms with Crippen molar-refractivity contribution in [3.8, 4) is 89.8 Å². The molecule has 10 heteroatoms. The molecule has 4 fully saturated rings. The third-order valence-electron chi connectivity index (χ3n) is 25.3. The molecule has 0 spiro atoms. The van der Waals surface area contributed by atoms with Crippen LogP contribution < -0.4 is 27.4 Å². The molecular formula is C113H134N10+6. The Kier molecular flexibility index (Phi) is 28.6. The highest BCUT2D eigenvalue weighted by atomic mass is 15.0. The highest BCUT2D eigenvalue weighted by Gasteiger charge is 2.30. The Morgan fingerprint density at radius 2 is 0.561 bits per heavy atom. The first-order valence-electron chi connectivity index (χ1n) is 47.9. The first kappa shape index (κ1) is 81.1. The van der Waals surface area contributed by atoms with E-state index in [0.717, 1.165) is 159 Å². The number of rotatable bonds is 14. The van der Waals surface area contributed by atoms with E-state index in [-0.39, 0.29) is 11.8 Å². The van der Waals surface area contributed by atoms with E-state index in [4.69, 9.17) is 8.22 Å². The number of benzene rings is 4. The van der Waals surface area contributed by atoms with E-state index >= 15 is 0 Å². The first-order valence-corrected chi connectivity index (χ1v) is 44.9. The molecule has 0 bridgehead atoms. The van der Waals surface area contributed by atoms with Crippen LogP contribution >= 0.6 is 0 Å². The van der Waals surface area contributed by atoms with Crippen LogP contribution in [0.4, 0.5) is 0 Å². The number of aryl methyl sites for hydroxylation is 15. The summed E-state index contributed by atoms with van der Waals surface area (Å²) in [5, 5.41) is 0. The minimum Gasteiger partial charge on any atom is -0.264 e. The van der Waals surface area contributed by atoms with Crippen LogP contribution in [0.1, 0.15) is 208 Å². The Labute approximate surface area is 744 Å². The molecule has 14 aromatic rings. The quantitative estimate of drug-likeness (QED) is 0.102. The Balaban J connectivity index is 0.000000132. The van der Waals surface area contributed by atoms with Crippen LogP contribution in [-0.2, 0) is 55.0 Å². The third kappa shape index (κ3) is 22.3. The fourth-order valence-electron chi connectivity index (χ4n) is 18.8. The van der Waals surface area contributed by atoms with Crippen LogP contribution in [0, 0.1) is 74.1 Å². The zero-order valence-corrected chi connectivity index (χ0v) is 75.8. The molecule has 0 unspecified atom stereocenters. The smallest absolute Gasteiger partial charge is 0.216 e. The predicted octanol–water partition coefficient (Wildman–Crippen LogP) is 24.3. The molecule has 123 heavy (non-hydrogen) atoms. The summed E-state index contributed by atoms with van der Waals surface area (Å²) in [5.74, 6) is -0.637. The van der Waals surface area contributed by atoms with Crippen molar-refractivity contribution >= 4 is 0 Å². The van der Waals surface area contributed by atoms with Crippen LogP contribution in [0.2, 0.25) is 0 Å². The topological polar surface area (TPSA) is 74.8 Å². The molecule has 10 heterocycles. The molecule has 0 amide bonds. The summed E-state index contributed by atoms with van der Waals surface area (Å²) in [5.41, 5.74) is 34.2. The van der Waals surface area contributed by atoms with E-state index in [2.05, 4.69) is 291 Å². The summed E-state index contributed by atoms with van der Waals surface area (Å²) >= 11 is 0. The van der Waals surface area contributed by atoms with Crippen molar-refractivity contribution in [2.45, 2.75) is 202 Å². The zero-order valence-electron chi connectivity index (χ0n) is 81.8. The van der Waals surface area contributed by atoms with Gasteiger partial charge in [-0.05, 0) is 257 Å². The second-order valence-electron chi connectivity index (χ2n) is 34.3. The van der Waals surface area contributed by atoms with E-state index in [1.165, 1.54) is 119 Å². The minimum atomic E-state index is -1.30. The number of hydrogen-bond acceptors (Lipinski definition) is 4. The first-order chi connectivity index (χ1) is 62.0. The van der Waals surface area contributed by atoms with Crippen molar-refractivity contribution < 1.29 is 35.6 Å². The van der Waals surface area contributed by atoms with Gasteiger partial charge in [-0.15, -0.1) is 0 Å². The van der Waals surface area contributed by atoms with Gasteiger partial charge in [0.1, 0.15) is 42.3 Å². The highest BCUT2D eigenvalue weighted by molar-refractivity contribution is 5.87. The Bertz CT molecular complexity index is 6170. The second-order valence-corrected chi connectivity index (χ2v) is 34.3. The van der Waals surface area contributed by atoms with E-state index in [1.807, 2.05) is 123 Å². The van der Waals surface area contributed by atoms with Gasteiger partial charge in [0, 0.05) is 129 Å². The summed E-state index contributed by atoms with van der Waals surface area (Å²) < 4.78 is 65.8. The monoisotopic (exact) mass is 1640 g/mol. The maximum Gasteiger partial charge on any atom is 0.216 e. The van der Waals surface area contributed by atoms with Crippen LogP contribution in [-0.4, -0.2) is 19.9 Å². The lowest BCUT2D eigenvalue weighted by molar-refractivity contribution is -0.661. The maximum absolute atomic E-state index is 8.99. The molecule has 0 N–H and O–H groups in total. The second kappa shape index (κ2) is 43.4. The number of nitrogens with zero attached hydrogens (tertiary/aromatic N) is 10. The molecule has 0 atom stereocenters. The van der Waals surface area contributed by atoms with Crippen molar-refractivity contribution in [2.24, 2.45) is 54.1 Å². The van der Waals surface area contributed by atoms with E-state index in [0.29, 0.717) is 0 Å². The highest BCUT2D eigenvalue weighted by Crippen LogP contribution is 2.42. The summed E-state index contributed by atoms with van der Waals surface area (Å²) in [6.07, 6.45) is 44.0. The molecule has 4 aromatic carbocycles. The predicted molar refractivity (Wildman–Crippen MR) is 506 cm³/mol. The molecule has 10 nitrogen and oxygen atoms in total. The molecule has 0 radical (unpaired) electrons. The van der Waals surface area contributed by atoms with Gasteiger partial charge < -0.3 is 0 Å². The van der Waals surface area contributed by atoms with Gasteiger partial charge in [0.25, 0.3) is 0 Å². The standard InChI is InChI=1S/C21H22N.C20H20N.C19H25N2.2C18H23N2.C17H21N2/c1-15-9-7-10-16(2)20(15)18-12-8-11-17(3)21(18)19-13-5-6-14-22(19)4;1-15-9-4-5-11-17(15)18-12-8-10-16(2)20(18)19-13-6-7-14-21(19)3;1-15-14-20-11-10-18(15)19-17(9-6-12-21(19)2)13-16-7-4-3-5-8-16;1-14-13-19-10-9-17(14)18-16(8-5-11-20(18)2)12-15-6-3-4-7-15;1-14-13-19-11-10-16(14)18-17(9-6-12-20(18)2)15-7-4-3-5-8-15;1-13-12-18-10-9-15(13)17-16(8-5-11-19(17)2)14-6-3-4-7-14/h5-14H,1-4H3;4-14H,1-3H3;6,9-12,14,16H,3-5,7-8,13H2,1-2H3;5,8-11,13,15H,3-4,6-7,12H2,1-2H3;6,9-13,15H,3-5,7-8H2,1-2H3;5,8-12,14H,3-4,6-7H2,1-2H3/q6*+1/i;;13D2;12D2;15D;14D. The summed E-state index contributed by atoms with van der Waals surface area (Å²) in [6.45, 7) is 19.2. The number of aromatic nitrogens is 10. The average molecular weight is 1640 g/mol. The Hall–Kier alpha value is -11.6. The Morgan fingerprint density at radius 1 is 0.260 bits per heavy atom. The van der Waals surface area contributed by atoms with Crippen LogP contribution in [0.15, 0.2) is 275 Å². The maximum atomic E-state index is 8.99. The molecule has 630 valence electrons. The lowest BCUT2D eigenvalue weighted by Gasteiger charge is -2.23. The number of hydrogen-bond donors (Lipinski definition) is 0. The summed E-state index contributed by atoms with van der Waals surface area (Å²) in [4.78, 5) is 16.7. The van der Waals surface area contributed by atoms with Crippen molar-refractivity contribution in [3.05, 3.63) is 347 Å². The molecule has 0 aliphatic heterocycles. The van der Waals surface area contributed by atoms with Crippen molar-refractivity contribution in [2.75, 3.05) is 0 Å². The van der Waals surface area contributed by atoms with Gasteiger partial charge in [-0.25, -0.2) is 27.4 Å². The van der Waals surface area contributed by atoms with Gasteiger partial charge in [0.15, 0.2) is 37.2 Å². The van der Waals surface area contributed by atoms with Gasteiger partial charge in [-0.2, -0.15) is 0 Å². The third-order valence-corrected chi connectivity index (χ3v) is 25.3. The van der Waals surface area contributed by atoms with Crippen LogP contribution in [0.3, 0.4) is 0 Å². The normalized spacial score (nSPS) is 15.6. The average Bonchev–Trinajstić information content (AvgIpc) is 1.78. The van der Waals surface area contributed by atoms with E-state index < -0.39 is 24.5 Å². The lowest BCUT2D eigenvalue weighted by atomic mass is 9.82. The van der Waals surface area contributed by atoms with Crippen molar-refractivity contribution in [1.82, 2.24) is 19.9 Å². The SMILES string of the molecule is Cc1cccc(C)c1-c1cccc(C)c1-c1cccc[n+]1C.Cc1ccccc1-c1cccc(C)c1-c1cccc[n+]1C.[2H]C([2H])(c1ccc[n+](C)c1-c1ccncc1C)C1CCCC1.[2H]C([2H])(c1ccc[n+](C)c1-c1ccncc1C)C1CCCCC1.[2H]C1(c2ccc[n+](C)c2-c2ccncc2C)CCCC1.[2H]C1(c2ccc[n+](C)c2-c2ccncc2C)CCCCC1. The molecule has 18 rings (SSSR count). The Morgan fingerprint density at radius 3 is 0.959 bits per heavy atom.